The number of ether oxygens (including phenoxy) is 1. The zero-order valence-electron chi connectivity index (χ0n) is 8.79. The van der Waals surface area contributed by atoms with Crippen LogP contribution in [-0.4, -0.2) is 30.8 Å². The summed E-state index contributed by atoms with van der Waals surface area (Å²) in [7, 11) is 0. The summed E-state index contributed by atoms with van der Waals surface area (Å²) in [5, 5.41) is 3.32. The third kappa shape index (κ3) is 2.77. The van der Waals surface area contributed by atoms with Crippen LogP contribution in [0.1, 0.15) is 11.3 Å². The third-order valence-electron chi connectivity index (χ3n) is 2.58. The molecule has 0 saturated carbocycles. The molecular weight excluding hydrogens is 256 g/mol. The van der Waals surface area contributed by atoms with Crippen molar-refractivity contribution < 1.29 is 4.74 Å². The molecule has 15 heavy (non-hydrogen) atoms. The van der Waals surface area contributed by atoms with Crippen LogP contribution in [0.25, 0.3) is 0 Å². The lowest BCUT2D eigenvalue weighted by Gasteiger charge is -2.23. The van der Waals surface area contributed by atoms with Gasteiger partial charge in [0.25, 0.3) is 0 Å². The molecule has 1 aliphatic rings. The van der Waals surface area contributed by atoms with Gasteiger partial charge in [0, 0.05) is 30.2 Å². The quantitative estimate of drug-likeness (QED) is 0.888. The van der Waals surface area contributed by atoms with Crippen LogP contribution in [-0.2, 0) is 11.2 Å². The molecule has 1 aromatic heterocycles. The molecule has 0 radical (unpaired) electrons. The van der Waals surface area contributed by atoms with Crippen molar-refractivity contribution in [1.29, 1.82) is 0 Å². The van der Waals surface area contributed by atoms with Crippen molar-refractivity contribution >= 4 is 15.9 Å². The zero-order valence-corrected chi connectivity index (χ0v) is 10.4. The van der Waals surface area contributed by atoms with E-state index in [2.05, 4.69) is 33.2 Å². The monoisotopic (exact) mass is 270 g/mol. The van der Waals surface area contributed by atoms with Gasteiger partial charge in [-0.25, -0.2) is 0 Å². The first kappa shape index (κ1) is 11.0. The molecule has 1 N–H and O–H groups in total. The Morgan fingerprint density at radius 1 is 1.67 bits per heavy atom. The Hall–Kier alpha value is -0.450. The van der Waals surface area contributed by atoms with Crippen LogP contribution < -0.4 is 5.32 Å². The summed E-state index contributed by atoms with van der Waals surface area (Å²) in [5.74, 6) is 0. The molecule has 0 bridgehead atoms. The smallest absolute Gasteiger partial charge is 0.0755 e. The molecule has 2 heterocycles. The summed E-state index contributed by atoms with van der Waals surface area (Å²) < 4.78 is 6.76. The number of aromatic nitrogens is 1. The van der Waals surface area contributed by atoms with Crippen LogP contribution in [0.15, 0.2) is 16.7 Å². The number of morpholine rings is 1. The van der Waals surface area contributed by atoms with Gasteiger partial charge in [-0.05, 0) is 34.5 Å². The molecule has 1 fully saturated rings. The Balaban J connectivity index is 2.06. The van der Waals surface area contributed by atoms with Crippen molar-refractivity contribution in [3.8, 4) is 0 Å². The molecule has 4 heteroatoms. The van der Waals surface area contributed by atoms with Gasteiger partial charge < -0.3 is 10.1 Å². The van der Waals surface area contributed by atoms with Gasteiger partial charge in [-0.2, -0.15) is 0 Å². The van der Waals surface area contributed by atoms with Gasteiger partial charge in [-0.15, -0.1) is 0 Å². The van der Waals surface area contributed by atoms with Crippen LogP contribution >= 0.6 is 15.9 Å². The zero-order chi connectivity index (χ0) is 10.7. The highest BCUT2D eigenvalue weighted by atomic mass is 79.9. The summed E-state index contributed by atoms with van der Waals surface area (Å²) in [6.45, 7) is 4.75. The average molecular weight is 271 g/mol. The Morgan fingerprint density at radius 3 is 3.27 bits per heavy atom. The van der Waals surface area contributed by atoms with Gasteiger partial charge in [-0.3, -0.25) is 4.98 Å². The summed E-state index contributed by atoms with van der Waals surface area (Å²) in [6, 6.07) is 2.01. The first-order chi connectivity index (χ1) is 7.27. The second-order valence-corrected chi connectivity index (χ2v) is 4.58. The van der Waals surface area contributed by atoms with Crippen molar-refractivity contribution in [3.63, 3.8) is 0 Å². The standard InChI is InChI=1S/C11H15BrN2O/c1-8-2-3-14-10(11(8)12)6-9-7-13-4-5-15-9/h2-3,9,13H,4-7H2,1H3. The van der Waals surface area contributed by atoms with Crippen LogP contribution in [0, 0.1) is 6.92 Å². The van der Waals surface area contributed by atoms with Crippen molar-refractivity contribution in [1.82, 2.24) is 10.3 Å². The molecule has 0 aromatic carbocycles. The average Bonchev–Trinajstić information content (AvgIpc) is 2.26. The number of hydrogen-bond donors (Lipinski definition) is 1. The maximum absolute atomic E-state index is 5.65. The molecule has 1 atom stereocenters. The lowest BCUT2D eigenvalue weighted by Crippen LogP contribution is -2.39. The number of aryl methyl sites for hydroxylation is 1. The molecule has 82 valence electrons. The molecule has 0 aliphatic carbocycles. The van der Waals surface area contributed by atoms with Crippen LogP contribution in [0.4, 0.5) is 0 Å². The van der Waals surface area contributed by atoms with Gasteiger partial charge >= 0.3 is 0 Å². The number of pyridine rings is 1. The van der Waals surface area contributed by atoms with Crippen LogP contribution in [0.3, 0.4) is 0 Å². The summed E-state index contributed by atoms with van der Waals surface area (Å²) in [6.07, 6.45) is 2.98. The first-order valence-electron chi connectivity index (χ1n) is 5.19. The predicted octanol–water partition coefficient (Wildman–Crippen LogP) is 1.68. The highest BCUT2D eigenvalue weighted by molar-refractivity contribution is 9.10. The van der Waals surface area contributed by atoms with Crippen molar-refractivity contribution in [2.75, 3.05) is 19.7 Å². The van der Waals surface area contributed by atoms with Gasteiger partial charge in [-0.1, -0.05) is 0 Å². The SMILES string of the molecule is Cc1ccnc(CC2CNCCO2)c1Br. The van der Waals surface area contributed by atoms with Gasteiger partial charge in [0.2, 0.25) is 0 Å². The van der Waals surface area contributed by atoms with Crippen molar-refractivity contribution in [2.45, 2.75) is 19.4 Å². The van der Waals surface area contributed by atoms with E-state index in [1.165, 1.54) is 5.56 Å². The van der Waals surface area contributed by atoms with E-state index < -0.39 is 0 Å². The van der Waals surface area contributed by atoms with Gasteiger partial charge in [0.05, 0.1) is 18.4 Å². The Kier molecular flexibility index (Phi) is 3.72. The lowest BCUT2D eigenvalue weighted by atomic mass is 10.1. The fourth-order valence-electron chi connectivity index (χ4n) is 1.71. The topological polar surface area (TPSA) is 34.2 Å². The number of nitrogens with zero attached hydrogens (tertiary/aromatic N) is 1. The lowest BCUT2D eigenvalue weighted by molar-refractivity contribution is 0.0285. The van der Waals surface area contributed by atoms with E-state index in [4.69, 9.17) is 4.74 Å². The maximum atomic E-state index is 5.65. The maximum Gasteiger partial charge on any atom is 0.0755 e. The second kappa shape index (κ2) is 5.05. The highest BCUT2D eigenvalue weighted by Gasteiger charge is 2.16. The van der Waals surface area contributed by atoms with E-state index in [0.717, 1.165) is 36.3 Å². The minimum Gasteiger partial charge on any atom is -0.375 e. The third-order valence-corrected chi connectivity index (χ3v) is 3.66. The minimum absolute atomic E-state index is 0.254. The summed E-state index contributed by atoms with van der Waals surface area (Å²) in [5.41, 5.74) is 2.31. The largest absolute Gasteiger partial charge is 0.375 e. The second-order valence-electron chi connectivity index (χ2n) is 3.79. The van der Waals surface area contributed by atoms with Crippen LogP contribution in [0.5, 0.6) is 0 Å². The first-order valence-corrected chi connectivity index (χ1v) is 5.99. The minimum atomic E-state index is 0.254. The fourth-order valence-corrected chi connectivity index (χ4v) is 2.10. The van der Waals surface area contributed by atoms with Gasteiger partial charge in [0.1, 0.15) is 0 Å². The van der Waals surface area contributed by atoms with E-state index in [9.17, 15) is 0 Å². The van der Waals surface area contributed by atoms with E-state index in [0.29, 0.717) is 0 Å². The molecule has 1 unspecified atom stereocenters. The van der Waals surface area contributed by atoms with E-state index in [-0.39, 0.29) is 6.10 Å². The number of rotatable bonds is 2. The Bertz CT molecular complexity index is 337. The highest BCUT2D eigenvalue weighted by Crippen LogP contribution is 2.20. The van der Waals surface area contributed by atoms with E-state index in [1.54, 1.807) is 0 Å². The summed E-state index contributed by atoms with van der Waals surface area (Å²) >= 11 is 3.57. The van der Waals surface area contributed by atoms with Crippen molar-refractivity contribution in [3.05, 3.63) is 28.0 Å². The van der Waals surface area contributed by atoms with E-state index in [1.807, 2.05) is 12.3 Å². The normalized spacial score (nSPS) is 21.6. The summed E-state index contributed by atoms with van der Waals surface area (Å²) in [4.78, 5) is 4.38. The number of hydrogen-bond acceptors (Lipinski definition) is 3. The van der Waals surface area contributed by atoms with Crippen LogP contribution in [0.2, 0.25) is 0 Å². The van der Waals surface area contributed by atoms with Crippen molar-refractivity contribution in [2.24, 2.45) is 0 Å². The fraction of sp³-hybridized carbons (Fsp3) is 0.545. The molecule has 2 rings (SSSR count). The number of halogens is 1. The predicted molar refractivity (Wildman–Crippen MR) is 63.0 cm³/mol. The molecule has 1 aliphatic heterocycles. The molecule has 1 saturated heterocycles. The Morgan fingerprint density at radius 2 is 2.53 bits per heavy atom. The number of nitrogens with one attached hydrogen (secondary N) is 1. The molecule has 3 nitrogen and oxygen atoms in total. The van der Waals surface area contributed by atoms with E-state index >= 15 is 0 Å². The Labute approximate surface area is 98.4 Å². The van der Waals surface area contributed by atoms with Gasteiger partial charge in [0.15, 0.2) is 0 Å². The molecule has 0 amide bonds. The molecule has 0 spiro atoms. The molecule has 1 aromatic rings. The molecular formula is C11H15BrN2O.